The highest BCUT2D eigenvalue weighted by Crippen LogP contribution is 2.32. The number of anilines is 1. The maximum atomic E-state index is 12.1. The van der Waals surface area contributed by atoms with E-state index in [1.807, 2.05) is 6.07 Å². The van der Waals surface area contributed by atoms with E-state index >= 15 is 0 Å². The molecule has 1 amide bonds. The van der Waals surface area contributed by atoms with Gasteiger partial charge in [-0.3, -0.25) is 4.79 Å². The lowest BCUT2D eigenvalue weighted by molar-refractivity contribution is -0.130. The van der Waals surface area contributed by atoms with Crippen LogP contribution in [0.3, 0.4) is 0 Å². The molecule has 1 aromatic carbocycles. The van der Waals surface area contributed by atoms with Crippen molar-refractivity contribution < 1.29 is 14.3 Å². The average Bonchev–Trinajstić information content (AvgIpc) is 2.47. The average molecular weight is 295 g/mol. The highest BCUT2D eigenvalue weighted by molar-refractivity contribution is 6.31. The maximum absolute atomic E-state index is 12.1. The Morgan fingerprint density at radius 3 is 2.95 bits per heavy atom. The monoisotopic (exact) mass is 294 g/mol. The second-order valence-electron chi connectivity index (χ2n) is 4.66. The van der Waals surface area contributed by atoms with Crippen molar-refractivity contribution in [1.82, 2.24) is 4.90 Å². The van der Waals surface area contributed by atoms with E-state index in [0.29, 0.717) is 37.9 Å². The van der Waals surface area contributed by atoms with Crippen LogP contribution in [0.4, 0.5) is 5.69 Å². The number of morpholine rings is 1. The number of rotatable bonds is 1. The van der Waals surface area contributed by atoms with E-state index in [-0.39, 0.29) is 5.91 Å². The van der Waals surface area contributed by atoms with E-state index in [4.69, 9.17) is 21.1 Å². The first-order chi connectivity index (χ1) is 9.72. The highest BCUT2D eigenvalue weighted by atomic mass is 35.5. The Morgan fingerprint density at radius 1 is 1.35 bits per heavy atom. The summed E-state index contributed by atoms with van der Waals surface area (Å²) in [6.45, 7) is 2.80. The Hall–Kier alpha value is -1.72. The topological polar surface area (TPSA) is 50.8 Å². The van der Waals surface area contributed by atoms with Gasteiger partial charge in [0.1, 0.15) is 12.4 Å². The molecule has 0 unspecified atom stereocenters. The second-order valence-corrected chi connectivity index (χ2v) is 5.10. The van der Waals surface area contributed by atoms with Crippen LogP contribution in [-0.4, -0.2) is 43.7 Å². The summed E-state index contributed by atoms with van der Waals surface area (Å²) < 4.78 is 10.8. The lowest BCUT2D eigenvalue weighted by Crippen LogP contribution is -2.40. The molecule has 0 atom stereocenters. The van der Waals surface area contributed by atoms with Gasteiger partial charge in [0, 0.05) is 24.2 Å². The molecule has 2 aliphatic heterocycles. The Bertz CT molecular complexity index is 553. The fraction of sp³-hybridized carbons (Fsp3) is 0.357. The van der Waals surface area contributed by atoms with E-state index in [1.165, 1.54) is 0 Å². The zero-order valence-electron chi connectivity index (χ0n) is 10.9. The number of nitrogens with zero attached hydrogens (tertiary/aromatic N) is 1. The molecule has 1 aromatic rings. The second kappa shape index (κ2) is 5.73. The van der Waals surface area contributed by atoms with Crippen LogP contribution in [-0.2, 0) is 9.53 Å². The molecule has 5 nitrogen and oxygen atoms in total. The van der Waals surface area contributed by atoms with Crippen molar-refractivity contribution in [2.45, 2.75) is 0 Å². The number of hydrogen-bond donors (Lipinski definition) is 1. The molecule has 0 bridgehead atoms. The molecular formula is C14H15ClN2O3. The highest BCUT2D eigenvalue weighted by Gasteiger charge is 2.18. The minimum Gasteiger partial charge on any atom is -0.485 e. The predicted molar refractivity (Wildman–Crippen MR) is 76.1 cm³/mol. The van der Waals surface area contributed by atoms with Crippen molar-refractivity contribution >= 4 is 23.2 Å². The molecule has 0 saturated carbocycles. The van der Waals surface area contributed by atoms with Crippen LogP contribution in [0.25, 0.3) is 0 Å². The number of amides is 1. The van der Waals surface area contributed by atoms with Gasteiger partial charge in [-0.1, -0.05) is 11.6 Å². The van der Waals surface area contributed by atoms with Crippen LogP contribution in [0, 0.1) is 0 Å². The Labute approximate surface area is 122 Å². The summed E-state index contributed by atoms with van der Waals surface area (Å²) in [6, 6.07) is 5.37. The van der Waals surface area contributed by atoms with Gasteiger partial charge in [-0.25, -0.2) is 0 Å². The largest absolute Gasteiger partial charge is 0.485 e. The van der Waals surface area contributed by atoms with E-state index in [1.54, 1.807) is 23.1 Å². The number of fused-ring (bicyclic) bond motifs is 1. The Kier molecular flexibility index (Phi) is 3.80. The third-order valence-corrected chi connectivity index (χ3v) is 3.48. The molecule has 1 N–H and O–H groups in total. The first-order valence-corrected chi connectivity index (χ1v) is 6.87. The number of benzene rings is 1. The number of carbonyl (C=O) groups excluding carboxylic acids is 1. The molecule has 1 fully saturated rings. The van der Waals surface area contributed by atoms with Crippen LogP contribution < -0.4 is 10.1 Å². The molecule has 2 aliphatic rings. The lowest BCUT2D eigenvalue weighted by Gasteiger charge is -2.27. The minimum atomic E-state index is -0.0233. The van der Waals surface area contributed by atoms with Crippen molar-refractivity contribution in [2.24, 2.45) is 0 Å². The van der Waals surface area contributed by atoms with Crippen molar-refractivity contribution in [3.05, 3.63) is 35.0 Å². The van der Waals surface area contributed by atoms with E-state index in [2.05, 4.69) is 5.32 Å². The Balaban J connectivity index is 1.72. The molecular weight excluding hydrogens is 280 g/mol. The molecule has 0 aromatic heterocycles. The summed E-state index contributed by atoms with van der Waals surface area (Å²) in [4.78, 5) is 13.9. The van der Waals surface area contributed by atoms with Crippen LogP contribution >= 0.6 is 11.6 Å². The van der Waals surface area contributed by atoms with Crippen molar-refractivity contribution in [3.8, 4) is 5.75 Å². The van der Waals surface area contributed by atoms with E-state index in [0.717, 1.165) is 17.1 Å². The van der Waals surface area contributed by atoms with Gasteiger partial charge in [-0.05, 0) is 18.2 Å². The summed E-state index contributed by atoms with van der Waals surface area (Å²) in [7, 11) is 0. The first kappa shape index (κ1) is 13.3. The van der Waals surface area contributed by atoms with Gasteiger partial charge in [-0.2, -0.15) is 0 Å². The van der Waals surface area contributed by atoms with Crippen LogP contribution in [0.2, 0.25) is 5.02 Å². The van der Waals surface area contributed by atoms with Gasteiger partial charge in [-0.15, -0.1) is 0 Å². The first-order valence-electron chi connectivity index (χ1n) is 6.49. The molecule has 0 radical (unpaired) electrons. The van der Waals surface area contributed by atoms with Crippen molar-refractivity contribution in [1.29, 1.82) is 0 Å². The maximum Gasteiger partial charge on any atom is 0.248 e. The third kappa shape index (κ3) is 2.89. The van der Waals surface area contributed by atoms with Gasteiger partial charge >= 0.3 is 0 Å². The minimum absolute atomic E-state index is 0.0233. The molecule has 20 heavy (non-hydrogen) atoms. The smallest absolute Gasteiger partial charge is 0.248 e. The summed E-state index contributed by atoms with van der Waals surface area (Å²) in [5.41, 5.74) is 1.51. The number of nitrogens with one attached hydrogen (secondary N) is 1. The predicted octanol–water partition coefficient (Wildman–Crippen LogP) is 1.89. The number of carbonyl (C=O) groups is 1. The Morgan fingerprint density at radius 2 is 2.15 bits per heavy atom. The fourth-order valence-corrected chi connectivity index (χ4v) is 2.36. The summed E-state index contributed by atoms with van der Waals surface area (Å²) in [5.74, 6) is 0.718. The molecule has 0 spiro atoms. The van der Waals surface area contributed by atoms with Gasteiger partial charge in [0.2, 0.25) is 5.91 Å². The number of ether oxygens (including phenoxy) is 2. The van der Waals surface area contributed by atoms with Crippen molar-refractivity contribution in [3.63, 3.8) is 0 Å². The zero-order chi connectivity index (χ0) is 13.9. The molecule has 6 heteroatoms. The van der Waals surface area contributed by atoms with Gasteiger partial charge in [0.15, 0.2) is 0 Å². The molecule has 0 aliphatic carbocycles. The quantitative estimate of drug-likeness (QED) is 0.804. The van der Waals surface area contributed by atoms with Crippen molar-refractivity contribution in [2.75, 3.05) is 38.2 Å². The number of hydrogen-bond acceptors (Lipinski definition) is 4. The van der Waals surface area contributed by atoms with E-state index in [9.17, 15) is 4.79 Å². The standard InChI is InChI=1S/C14H15ClN2O3/c15-10-1-2-13-12(7-10)16-11(9-20-13)8-14(18)17-3-5-19-6-4-17/h1-2,7-8,16H,3-6,9H2/b11-8-. The SMILES string of the molecule is O=C(/C=C1/COc2ccc(Cl)cc2N1)N1CCOCC1. The van der Waals surface area contributed by atoms with Gasteiger partial charge in [0.05, 0.1) is 24.6 Å². The molecule has 3 rings (SSSR count). The summed E-state index contributed by atoms with van der Waals surface area (Å²) in [6.07, 6.45) is 1.58. The third-order valence-electron chi connectivity index (χ3n) is 3.24. The van der Waals surface area contributed by atoms with Crippen LogP contribution in [0.15, 0.2) is 30.0 Å². The van der Waals surface area contributed by atoms with Gasteiger partial charge < -0.3 is 19.7 Å². The fourth-order valence-electron chi connectivity index (χ4n) is 2.19. The number of halogens is 1. The molecule has 1 saturated heterocycles. The van der Waals surface area contributed by atoms with Gasteiger partial charge in [0.25, 0.3) is 0 Å². The zero-order valence-corrected chi connectivity index (χ0v) is 11.7. The summed E-state index contributed by atoms with van der Waals surface area (Å²) >= 11 is 5.95. The summed E-state index contributed by atoms with van der Waals surface area (Å²) in [5, 5.41) is 3.81. The van der Waals surface area contributed by atoms with Crippen LogP contribution in [0.1, 0.15) is 0 Å². The lowest BCUT2D eigenvalue weighted by atomic mass is 10.2. The normalized spacial score (nSPS) is 20.1. The molecule has 106 valence electrons. The van der Waals surface area contributed by atoms with Crippen LogP contribution in [0.5, 0.6) is 5.75 Å². The van der Waals surface area contributed by atoms with E-state index < -0.39 is 0 Å². The molecule has 2 heterocycles.